The summed E-state index contributed by atoms with van der Waals surface area (Å²) in [4.78, 5) is 0. The molecule has 0 amide bonds. The molecule has 0 heterocycles. The Hall–Kier alpha value is -7.98. The molecule has 0 N–H and O–H groups in total. The monoisotopic (exact) mass is 1440 g/mol. The van der Waals surface area contributed by atoms with Crippen molar-refractivity contribution in [2.45, 2.75) is 307 Å². The van der Waals surface area contributed by atoms with Crippen LogP contribution in [-0.2, 0) is 64.2 Å². The molecule has 586 valence electrons. The Labute approximate surface area is 647 Å². The molecule has 10 nitrogen and oxygen atoms in total. The maximum absolute atomic E-state index is 4.56. The van der Waals surface area contributed by atoms with Crippen LogP contribution in [0, 0.1) is 0 Å². The summed E-state index contributed by atoms with van der Waals surface area (Å²) in [7, 11) is 7.85. The second-order valence-corrected chi connectivity index (χ2v) is 24.1. The fourth-order valence-corrected chi connectivity index (χ4v) is 10.6. The molecule has 10 heteroatoms. The highest BCUT2D eigenvalue weighted by atomic mass is 15.4. The first-order chi connectivity index (χ1) is 50.3. The highest BCUT2D eigenvalue weighted by molar-refractivity contribution is 6.05. The smallest absolute Gasteiger partial charge is 0.0674 e. The molecule has 0 saturated carbocycles. The van der Waals surface area contributed by atoms with Crippen LogP contribution in [0.3, 0.4) is 0 Å². The van der Waals surface area contributed by atoms with Gasteiger partial charge in [0.1, 0.15) is 0 Å². The molecular formula is C95H156N10. The lowest BCUT2D eigenvalue weighted by Gasteiger charge is -2.13. The Morgan fingerprint density at radius 3 is 0.781 bits per heavy atom. The second kappa shape index (κ2) is 64.4. The van der Waals surface area contributed by atoms with Gasteiger partial charge >= 0.3 is 0 Å². The van der Waals surface area contributed by atoms with Crippen LogP contribution >= 0.6 is 0 Å². The van der Waals surface area contributed by atoms with Crippen LogP contribution in [0.4, 0.5) is 0 Å². The normalized spacial score (nSPS) is 10.5. The Morgan fingerprint density at radius 1 is 0.238 bits per heavy atom. The highest BCUT2D eigenvalue weighted by Gasteiger charge is 2.12. The molecule has 0 bridgehead atoms. The molecule has 0 aliphatic carbocycles. The largest absolute Gasteiger partial charge is 0.303 e. The first-order valence-corrected chi connectivity index (χ1v) is 40.4. The predicted molar refractivity (Wildman–Crippen MR) is 485 cm³/mol. The lowest BCUT2D eigenvalue weighted by Crippen LogP contribution is -2.09. The number of hydrogen-bond acceptors (Lipinski definition) is 10. The summed E-state index contributed by atoms with van der Waals surface area (Å²) >= 11 is 0. The van der Waals surface area contributed by atoms with Crippen molar-refractivity contribution in [1.29, 1.82) is 0 Å². The van der Waals surface area contributed by atoms with Crippen LogP contribution in [0.2, 0.25) is 0 Å². The second-order valence-electron chi connectivity index (χ2n) is 24.1. The van der Waals surface area contributed by atoms with E-state index >= 15 is 0 Å². The van der Waals surface area contributed by atoms with Crippen LogP contribution in [0.15, 0.2) is 156 Å². The molecule has 0 spiro atoms. The topological polar surface area (TPSA) is 105 Å². The summed E-state index contributed by atoms with van der Waals surface area (Å²) < 4.78 is 0. The van der Waals surface area contributed by atoms with Gasteiger partial charge in [0, 0.05) is 73.1 Å². The first-order valence-electron chi connectivity index (χ1n) is 40.4. The number of hydrogen-bond donors (Lipinski definition) is 0. The van der Waals surface area contributed by atoms with Gasteiger partial charge in [-0.25, -0.2) is 0 Å². The van der Waals surface area contributed by atoms with Crippen molar-refractivity contribution < 1.29 is 0 Å². The van der Waals surface area contributed by atoms with Crippen molar-refractivity contribution in [3.8, 4) is 0 Å². The molecule has 0 radical (unpaired) electrons. The molecular weight excluding hydrogens is 1280 g/mol. The van der Waals surface area contributed by atoms with Crippen molar-refractivity contribution in [2.24, 2.45) is 40.8 Å². The number of fused-ring (bicyclic) bond motifs is 2. The van der Waals surface area contributed by atoms with E-state index < -0.39 is 0 Å². The molecule has 0 aliphatic heterocycles. The van der Waals surface area contributed by atoms with Gasteiger partial charge in [-0.1, -0.05) is 257 Å². The number of benzene rings is 7. The van der Waals surface area contributed by atoms with Gasteiger partial charge < -0.3 is 10.0 Å². The summed E-state index contributed by atoms with van der Waals surface area (Å²) in [6, 6.07) is 42.4. The van der Waals surface area contributed by atoms with Gasteiger partial charge in [-0.3, -0.25) is 0 Å². The fraction of sp³-hybridized carbons (Fsp3) is 0.516. The molecule has 0 saturated heterocycles. The van der Waals surface area contributed by atoms with E-state index in [9.17, 15) is 0 Å². The van der Waals surface area contributed by atoms with Gasteiger partial charge in [0.25, 0.3) is 0 Å². The van der Waals surface area contributed by atoms with Gasteiger partial charge in [-0.15, -0.1) is 0 Å². The standard InChI is InChI=1S/2C18H24N2.3C15H22N2.7C2H6/c2*1-6-14-8-9-16-11-15(7-2)18(12-17(16)10-14)13(3)19-20(4)5;2*1-6-13-8-9-14(7-2)15(10-13)12(5)17-16-11(3)4;1-6-13-9-8-10-15(14(13)7-2)12(5)17-16-11(3)4;7*1-2/h2*8-12H,6-7H2,1-5H3;3*8-10H,6-7H2,1-5H3;7*1-2H3/b2*19-13+;3*17-12+;;;;;;;. The Bertz CT molecular complexity index is 3470. The summed E-state index contributed by atoms with van der Waals surface area (Å²) in [5.74, 6) is 0. The minimum absolute atomic E-state index is 0.981. The third kappa shape index (κ3) is 40.4. The third-order valence-corrected chi connectivity index (χ3v) is 15.6. The van der Waals surface area contributed by atoms with E-state index in [4.69, 9.17) is 0 Å². The minimum atomic E-state index is 0.981. The summed E-state index contributed by atoms with van der Waals surface area (Å²) in [6.07, 6.45) is 10.5. The van der Waals surface area contributed by atoms with Gasteiger partial charge in [-0.05, 0) is 242 Å². The Morgan fingerprint density at radius 2 is 0.514 bits per heavy atom. The lowest BCUT2D eigenvalue weighted by molar-refractivity contribution is 0.437. The van der Waals surface area contributed by atoms with Crippen molar-refractivity contribution in [3.05, 3.63) is 199 Å². The zero-order valence-electron chi connectivity index (χ0n) is 75.0. The number of rotatable bonds is 20. The Balaban J connectivity index is -0.000000381. The lowest BCUT2D eigenvalue weighted by atomic mass is 9.95. The number of nitrogens with zero attached hydrogens (tertiary/aromatic N) is 10. The summed E-state index contributed by atoms with van der Waals surface area (Å²) in [5.41, 5.74) is 28.0. The van der Waals surface area contributed by atoms with Crippen LogP contribution in [-0.4, -0.2) is 83.9 Å². The van der Waals surface area contributed by atoms with E-state index in [0.717, 1.165) is 110 Å². The van der Waals surface area contributed by atoms with Crippen LogP contribution in [0.25, 0.3) is 21.5 Å². The van der Waals surface area contributed by atoms with Crippen LogP contribution in [0.1, 0.15) is 326 Å². The molecule has 0 fully saturated rings. The molecule has 0 unspecified atom stereocenters. The average Bonchev–Trinajstić information content (AvgIpc) is 0.812. The molecule has 0 aromatic heterocycles. The quantitative estimate of drug-likeness (QED) is 0.0560. The summed E-state index contributed by atoms with van der Waals surface area (Å²) in [5, 5.41) is 43.4. The van der Waals surface area contributed by atoms with Crippen molar-refractivity contribution >= 4 is 67.2 Å². The third-order valence-electron chi connectivity index (χ3n) is 15.6. The zero-order valence-corrected chi connectivity index (χ0v) is 75.0. The number of aryl methyl sites for hydroxylation is 9. The maximum atomic E-state index is 4.56. The van der Waals surface area contributed by atoms with E-state index in [-0.39, 0.29) is 0 Å². The van der Waals surface area contributed by atoms with E-state index in [2.05, 4.69) is 239 Å². The molecule has 105 heavy (non-hydrogen) atoms. The number of hydrazone groups is 2. The van der Waals surface area contributed by atoms with E-state index in [0.29, 0.717) is 0 Å². The maximum Gasteiger partial charge on any atom is 0.0674 e. The minimum Gasteiger partial charge on any atom is -0.303 e. The molecule has 7 rings (SSSR count). The first kappa shape index (κ1) is 106. The highest BCUT2D eigenvalue weighted by Crippen LogP contribution is 2.26. The van der Waals surface area contributed by atoms with Crippen LogP contribution < -0.4 is 0 Å². The van der Waals surface area contributed by atoms with Gasteiger partial charge in [0.15, 0.2) is 0 Å². The van der Waals surface area contributed by atoms with E-state index in [1.165, 1.54) is 105 Å². The molecule has 7 aromatic carbocycles. The van der Waals surface area contributed by atoms with Gasteiger partial charge in [-0.2, -0.15) is 40.8 Å². The van der Waals surface area contributed by atoms with E-state index in [1.807, 2.05) is 197 Å². The zero-order chi connectivity index (χ0) is 81.9. The van der Waals surface area contributed by atoms with Crippen molar-refractivity contribution in [2.75, 3.05) is 28.2 Å². The molecule has 0 atom stereocenters. The molecule has 7 aromatic rings. The van der Waals surface area contributed by atoms with Crippen molar-refractivity contribution in [3.63, 3.8) is 0 Å². The predicted octanol–water partition coefficient (Wildman–Crippen LogP) is 27.7. The van der Waals surface area contributed by atoms with Gasteiger partial charge in [0.2, 0.25) is 0 Å². The van der Waals surface area contributed by atoms with Crippen LogP contribution in [0.5, 0.6) is 0 Å². The summed E-state index contributed by atoms with van der Waals surface area (Å²) in [6.45, 7) is 71.9. The fourth-order valence-electron chi connectivity index (χ4n) is 10.6. The SMILES string of the molecule is CC.CC.CC.CC.CC.CC.CC.CCc1ccc(CC)c(/C(C)=N/N=C(C)C)c1.CCc1ccc(CC)c(/C(C)=N/N=C(C)C)c1.CCc1ccc2cc(CC)c(/C(C)=N/N(C)C)cc2c1.CCc1ccc2cc(CC)c(/C(C)=N/N(C)C)cc2c1.CCc1cccc(/C(C)=N/N=C(C)C)c1CC. The van der Waals surface area contributed by atoms with Crippen molar-refractivity contribution in [1.82, 2.24) is 10.0 Å². The Kier molecular flexibility index (Phi) is 64.8. The van der Waals surface area contributed by atoms with Gasteiger partial charge in [0.05, 0.1) is 28.6 Å². The molecule has 0 aliphatic rings. The van der Waals surface area contributed by atoms with E-state index in [1.54, 1.807) is 0 Å². The average molecular weight is 1440 g/mol.